The third-order valence-electron chi connectivity index (χ3n) is 6.65. The van der Waals surface area contributed by atoms with Crippen LogP contribution in [0.4, 0.5) is 19.0 Å². The van der Waals surface area contributed by atoms with Gasteiger partial charge in [-0.05, 0) is 37.5 Å². The quantitative estimate of drug-likeness (QED) is 0.760. The third-order valence-corrected chi connectivity index (χ3v) is 6.65. The predicted molar refractivity (Wildman–Crippen MR) is 118 cm³/mol. The number of anilines is 1. The number of alkyl halides is 3. The second kappa shape index (κ2) is 8.48. The van der Waals surface area contributed by atoms with Crippen molar-refractivity contribution in [2.75, 3.05) is 44.7 Å². The maximum absolute atomic E-state index is 13.0. The molecular formula is C23H27F3N6O. The van der Waals surface area contributed by atoms with Crippen molar-refractivity contribution in [3.63, 3.8) is 0 Å². The van der Waals surface area contributed by atoms with Gasteiger partial charge in [0.15, 0.2) is 5.65 Å². The first-order chi connectivity index (χ1) is 15.8. The summed E-state index contributed by atoms with van der Waals surface area (Å²) in [4.78, 5) is 21.5. The van der Waals surface area contributed by atoms with Gasteiger partial charge in [0.25, 0.3) is 0 Å². The van der Waals surface area contributed by atoms with Gasteiger partial charge in [0.2, 0.25) is 5.91 Å². The van der Waals surface area contributed by atoms with E-state index in [0.717, 1.165) is 43.1 Å². The maximum atomic E-state index is 13.0. The molecule has 3 aliphatic rings. The number of likely N-dealkylation sites (N-methyl/N-ethyl adjacent to an activating group) is 1. The van der Waals surface area contributed by atoms with E-state index in [0.29, 0.717) is 25.1 Å². The molecule has 5 rings (SSSR count). The van der Waals surface area contributed by atoms with Crippen LogP contribution in [0, 0.1) is 5.92 Å². The second-order valence-corrected chi connectivity index (χ2v) is 8.99. The lowest BCUT2D eigenvalue weighted by Crippen LogP contribution is -2.55. The fourth-order valence-corrected chi connectivity index (χ4v) is 4.91. The molecule has 2 aromatic heterocycles. The number of rotatable bonds is 4. The Morgan fingerprint density at radius 1 is 1.24 bits per heavy atom. The van der Waals surface area contributed by atoms with Crippen LogP contribution in [0.1, 0.15) is 24.1 Å². The molecule has 2 aliphatic heterocycles. The van der Waals surface area contributed by atoms with Crippen LogP contribution >= 0.6 is 0 Å². The van der Waals surface area contributed by atoms with E-state index in [1.54, 1.807) is 24.2 Å². The molecule has 0 radical (unpaired) electrons. The van der Waals surface area contributed by atoms with E-state index >= 15 is 0 Å². The van der Waals surface area contributed by atoms with Gasteiger partial charge >= 0.3 is 6.18 Å². The molecular weight excluding hydrogens is 433 g/mol. The Bertz CT molecular complexity index is 1130. The van der Waals surface area contributed by atoms with Gasteiger partial charge in [0, 0.05) is 56.9 Å². The Hall–Kier alpha value is -2.88. The highest BCUT2D eigenvalue weighted by atomic mass is 19.4. The van der Waals surface area contributed by atoms with Gasteiger partial charge in [-0.1, -0.05) is 6.08 Å². The number of carbonyl (C=O) groups excluding carboxylic acids is 1. The van der Waals surface area contributed by atoms with Crippen LogP contribution in [0.3, 0.4) is 0 Å². The average molecular weight is 461 g/mol. The molecule has 1 amide bonds. The van der Waals surface area contributed by atoms with Gasteiger partial charge < -0.3 is 15.1 Å². The van der Waals surface area contributed by atoms with Crippen LogP contribution in [0.2, 0.25) is 0 Å². The number of fused-ring (bicyclic) bond motifs is 2. The molecule has 7 nitrogen and oxygen atoms in total. The number of nitrogens with one attached hydrogen (secondary N) is 1. The first-order valence-electron chi connectivity index (χ1n) is 11.3. The third kappa shape index (κ3) is 4.23. The summed E-state index contributed by atoms with van der Waals surface area (Å²) in [7, 11) is 1.66. The normalized spacial score (nSPS) is 19.5. The summed E-state index contributed by atoms with van der Waals surface area (Å²) in [5.74, 6) is 0.768. The largest absolute Gasteiger partial charge is 0.412 e. The van der Waals surface area contributed by atoms with Crippen LogP contribution in [0.15, 0.2) is 35.6 Å². The Balaban J connectivity index is 1.28. The second-order valence-electron chi connectivity index (χ2n) is 8.99. The number of hydrogen-bond donors (Lipinski definition) is 1. The summed E-state index contributed by atoms with van der Waals surface area (Å²) in [5, 5.41) is 7.87. The SMILES string of the molecule is CN(CC1=CCCC(C(F)(F)F)=C1)C(=O)C1CN(c2c3c(nc4ccnn24)CCNCC3)C1. The number of amides is 1. The number of hydrogen-bond acceptors (Lipinski definition) is 5. The highest BCUT2D eigenvalue weighted by molar-refractivity contribution is 5.82. The zero-order valence-electron chi connectivity index (χ0n) is 18.5. The average Bonchev–Trinajstić information content (AvgIpc) is 3.08. The summed E-state index contributed by atoms with van der Waals surface area (Å²) in [6, 6.07) is 1.89. The van der Waals surface area contributed by atoms with Crippen LogP contribution in [-0.4, -0.2) is 71.4 Å². The van der Waals surface area contributed by atoms with E-state index in [1.165, 1.54) is 11.6 Å². The highest BCUT2D eigenvalue weighted by Gasteiger charge is 2.38. The van der Waals surface area contributed by atoms with Gasteiger partial charge in [-0.25, -0.2) is 4.98 Å². The van der Waals surface area contributed by atoms with Gasteiger partial charge in [0.05, 0.1) is 17.8 Å². The van der Waals surface area contributed by atoms with Crippen molar-refractivity contribution in [1.82, 2.24) is 24.8 Å². The smallest absolute Gasteiger partial charge is 0.354 e. The number of nitrogens with zero attached hydrogens (tertiary/aromatic N) is 5. The zero-order valence-corrected chi connectivity index (χ0v) is 18.5. The Morgan fingerprint density at radius 3 is 2.82 bits per heavy atom. The fraction of sp³-hybridized carbons (Fsp3) is 0.522. The number of allylic oxidation sites excluding steroid dienone is 2. The van der Waals surface area contributed by atoms with Crippen LogP contribution in [-0.2, 0) is 17.6 Å². The van der Waals surface area contributed by atoms with E-state index in [4.69, 9.17) is 4.98 Å². The van der Waals surface area contributed by atoms with Crippen molar-refractivity contribution in [3.05, 3.63) is 46.8 Å². The van der Waals surface area contributed by atoms with Gasteiger partial charge in [-0.3, -0.25) is 4.79 Å². The molecule has 176 valence electrons. The molecule has 0 spiro atoms. The summed E-state index contributed by atoms with van der Waals surface area (Å²) in [5.41, 5.74) is 3.07. The zero-order chi connectivity index (χ0) is 23.2. The first-order valence-corrected chi connectivity index (χ1v) is 11.3. The standard InChI is InChI=1S/C23H27F3N6O/c1-30(12-15-3-2-4-17(11-15)23(24,25)26)22(33)16-13-31(14-16)21-18-5-8-27-9-6-19(18)29-20-7-10-28-32(20)21/h3,7,10-11,16,27H,2,4-6,8-9,12-14H2,1H3. The number of aromatic nitrogens is 3. The van der Waals surface area contributed by atoms with Crippen molar-refractivity contribution in [2.24, 2.45) is 5.92 Å². The molecule has 1 saturated heterocycles. The lowest BCUT2D eigenvalue weighted by Gasteiger charge is -2.42. The fourth-order valence-electron chi connectivity index (χ4n) is 4.91. The van der Waals surface area contributed by atoms with Gasteiger partial charge in [-0.15, -0.1) is 0 Å². The Morgan fingerprint density at radius 2 is 2.03 bits per heavy atom. The van der Waals surface area contributed by atoms with E-state index in [9.17, 15) is 18.0 Å². The lowest BCUT2D eigenvalue weighted by molar-refractivity contribution is -0.134. The molecule has 0 unspecified atom stereocenters. The molecule has 4 heterocycles. The predicted octanol–water partition coefficient (Wildman–Crippen LogP) is 2.52. The highest BCUT2D eigenvalue weighted by Crippen LogP contribution is 2.34. The summed E-state index contributed by atoms with van der Waals surface area (Å²) in [6.45, 7) is 3.07. The van der Waals surface area contributed by atoms with Crippen molar-refractivity contribution >= 4 is 17.4 Å². The molecule has 1 N–H and O–H groups in total. The molecule has 10 heteroatoms. The Labute approximate surface area is 189 Å². The Kier molecular flexibility index (Phi) is 5.64. The molecule has 0 bridgehead atoms. The molecule has 2 aromatic rings. The van der Waals surface area contributed by atoms with Crippen molar-refractivity contribution in [1.29, 1.82) is 0 Å². The molecule has 33 heavy (non-hydrogen) atoms. The molecule has 1 aliphatic carbocycles. The van der Waals surface area contributed by atoms with Crippen LogP contribution in [0.5, 0.6) is 0 Å². The molecule has 0 atom stereocenters. The van der Waals surface area contributed by atoms with E-state index < -0.39 is 11.7 Å². The number of halogens is 3. The van der Waals surface area contributed by atoms with E-state index in [1.807, 2.05) is 10.6 Å². The molecule has 0 saturated carbocycles. The van der Waals surface area contributed by atoms with Crippen LogP contribution < -0.4 is 10.2 Å². The summed E-state index contributed by atoms with van der Waals surface area (Å²) in [6.07, 6.45) is 2.45. The van der Waals surface area contributed by atoms with Gasteiger partial charge in [0.1, 0.15) is 5.82 Å². The maximum Gasteiger partial charge on any atom is 0.412 e. The van der Waals surface area contributed by atoms with E-state index in [2.05, 4.69) is 15.3 Å². The molecule has 0 aromatic carbocycles. The minimum absolute atomic E-state index is 0.00405. The van der Waals surface area contributed by atoms with Crippen molar-refractivity contribution < 1.29 is 18.0 Å². The summed E-state index contributed by atoms with van der Waals surface area (Å²) >= 11 is 0. The monoisotopic (exact) mass is 460 g/mol. The summed E-state index contributed by atoms with van der Waals surface area (Å²) < 4.78 is 41.0. The van der Waals surface area contributed by atoms with Gasteiger partial charge in [-0.2, -0.15) is 22.8 Å². The first kappa shape index (κ1) is 21.9. The topological polar surface area (TPSA) is 65.8 Å². The minimum Gasteiger partial charge on any atom is -0.354 e. The minimum atomic E-state index is -4.31. The molecule has 1 fully saturated rings. The van der Waals surface area contributed by atoms with Crippen molar-refractivity contribution in [2.45, 2.75) is 31.9 Å². The lowest BCUT2D eigenvalue weighted by atomic mass is 9.95. The van der Waals surface area contributed by atoms with Crippen molar-refractivity contribution in [3.8, 4) is 0 Å². The van der Waals surface area contributed by atoms with E-state index in [-0.39, 0.29) is 24.8 Å². The van der Waals surface area contributed by atoms with Crippen LogP contribution in [0.25, 0.3) is 5.65 Å². The number of carbonyl (C=O) groups is 1.